The summed E-state index contributed by atoms with van der Waals surface area (Å²) in [5.41, 5.74) is 2.31. The fourth-order valence-electron chi connectivity index (χ4n) is 2.88. The van der Waals surface area contributed by atoms with Gasteiger partial charge in [0.15, 0.2) is 0 Å². The molecule has 0 aliphatic carbocycles. The molecule has 0 radical (unpaired) electrons. The van der Waals surface area contributed by atoms with Gasteiger partial charge in [0.25, 0.3) is 0 Å². The van der Waals surface area contributed by atoms with Crippen LogP contribution in [0.5, 0.6) is 17.2 Å². The van der Waals surface area contributed by atoms with Crippen LogP contribution in [0, 0.1) is 5.92 Å². The zero-order valence-corrected chi connectivity index (χ0v) is 13.9. The molecule has 22 heavy (non-hydrogen) atoms. The van der Waals surface area contributed by atoms with Crippen molar-refractivity contribution in [3.8, 4) is 17.2 Å². The third-order valence-corrected chi connectivity index (χ3v) is 3.92. The summed E-state index contributed by atoms with van der Waals surface area (Å²) in [6.07, 6.45) is 0. The lowest BCUT2D eigenvalue weighted by Gasteiger charge is -2.25. The summed E-state index contributed by atoms with van der Waals surface area (Å²) in [7, 11) is 5.06. The highest BCUT2D eigenvalue weighted by molar-refractivity contribution is 5.50. The van der Waals surface area contributed by atoms with Gasteiger partial charge in [-0.15, -0.1) is 0 Å². The number of benzene rings is 2. The third kappa shape index (κ3) is 3.19. The van der Waals surface area contributed by atoms with Crippen molar-refractivity contribution in [3.05, 3.63) is 53.6 Å². The molecular formula is C19H24O3. The van der Waals surface area contributed by atoms with E-state index in [0.29, 0.717) is 5.92 Å². The molecule has 0 fully saturated rings. The van der Waals surface area contributed by atoms with E-state index in [-0.39, 0.29) is 5.92 Å². The second kappa shape index (κ2) is 7.21. The van der Waals surface area contributed by atoms with Crippen molar-refractivity contribution in [2.45, 2.75) is 19.8 Å². The number of methoxy groups -OCH3 is 3. The molecule has 0 N–H and O–H groups in total. The second-order valence-corrected chi connectivity index (χ2v) is 5.57. The van der Waals surface area contributed by atoms with Crippen LogP contribution in [0.2, 0.25) is 0 Å². The molecule has 118 valence electrons. The van der Waals surface area contributed by atoms with Crippen molar-refractivity contribution >= 4 is 0 Å². The maximum atomic E-state index is 5.59. The van der Waals surface area contributed by atoms with Crippen molar-refractivity contribution < 1.29 is 14.2 Å². The fourth-order valence-corrected chi connectivity index (χ4v) is 2.88. The molecule has 2 aromatic rings. The van der Waals surface area contributed by atoms with Gasteiger partial charge in [-0.2, -0.15) is 0 Å². The Bertz CT molecular complexity index is 620. The highest BCUT2D eigenvalue weighted by atomic mass is 16.5. The summed E-state index contributed by atoms with van der Waals surface area (Å²) in [6.45, 7) is 4.42. The highest BCUT2D eigenvalue weighted by Crippen LogP contribution is 2.41. The van der Waals surface area contributed by atoms with Crippen LogP contribution >= 0.6 is 0 Å². The number of ether oxygens (including phenoxy) is 3. The quantitative estimate of drug-likeness (QED) is 0.786. The van der Waals surface area contributed by atoms with Crippen LogP contribution in [0.3, 0.4) is 0 Å². The molecule has 2 aromatic carbocycles. The Kier molecular flexibility index (Phi) is 5.31. The Morgan fingerprint density at radius 1 is 0.727 bits per heavy atom. The van der Waals surface area contributed by atoms with E-state index in [1.807, 2.05) is 30.3 Å². The largest absolute Gasteiger partial charge is 0.497 e. The van der Waals surface area contributed by atoms with Gasteiger partial charge in [-0.1, -0.05) is 38.1 Å². The first-order valence-corrected chi connectivity index (χ1v) is 7.47. The molecule has 0 aromatic heterocycles. The lowest BCUT2D eigenvalue weighted by Crippen LogP contribution is -2.11. The maximum absolute atomic E-state index is 5.59. The number of para-hydroxylation sites is 1. The van der Waals surface area contributed by atoms with Crippen LogP contribution in [0.25, 0.3) is 0 Å². The molecule has 0 bridgehead atoms. The number of hydrogen-bond donors (Lipinski definition) is 0. The Balaban J connectivity index is 2.58. The summed E-state index contributed by atoms with van der Waals surface area (Å²) in [4.78, 5) is 0. The molecular weight excluding hydrogens is 276 g/mol. The number of hydrogen-bond acceptors (Lipinski definition) is 3. The average molecular weight is 300 g/mol. The van der Waals surface area contributed by atoms with Gasteiger partial charge in [-0.3, -0.25) is 0 Å². The average Bonchev–Trinajstić information content (AvgIpc) is 2.55. The smallest absolute Gasteiger partial charge is 0.126 e. The highest BCUT2D eigenvalue weighted by Gasteiger charge is 2.24. The molecule has 0 aliphatic heterocycles. The van der Waals surface area contributed by atoms with Gasteiger partial charge >= 0.3 is 0 Å². The molecule has 3 heteroatoms. The SMILES string of the molecule is COc1ccc(C(c2ccccc2OC)C(C)C)c(OC)c1. The van der Waals surface area contributed by atoms with Crippen molar-refractivity contribution in [1.29, 1.82) is 0 Å². The zero-order valence-electron chi connectivity index (χ0n) is 13.9. The van der Waals surface area contributed by atoms with Crippen LogP contribution in [-0.4, -0.2) is 21.3 Å². The van der Waals surface area contributed by atoms with Gasteiger partial charge in [0.05, 0.1) is 21.3 Å². The second-order valence-electron chi connectivity index (χ2n) is 5.57. The summed E-state index contributed by atoms with van der Waals surface area (Å²) < 4.78 is 16.4. The molecule has 0 aliphatic rings. The molecule has 0 amide bonds. The number of rotatable bonds is 6. The Morgan fingerprint density at radius 3 is 1.95 bits per heavy atom. The molecule has 0 heterocycles. The molecule has 1 atom stereocenters. The summed E-state index contributed by atoms with van der Waals surface area (Å²) in [6, 6.07) is 14.1. The standard InChI is InChI=1S/C19H24O3/c1-13(2)19(15-8-6-7-9-17(15)21-4)16-11-10-14(20-3)12-18(16)22-5/h6-13,19H,1-5H3. The minimum absolute atomic E-state index is 0.192. The van der Waals surface area contributed by atoms with Crippen LogP contribution in [0.4, 0.5) is 0 Å². The fraction of sp³-hybridized carbons (Fsp3) is 0.368. The molecule has 1 unspecified atom stereocenters. The van der Waals surface area contributed by atoms with Crippen LogP contribution < -0.4 is 14.2 Å². The molecule has 0 saturated carbocycles. The summed E-state index contributed by atoms with van der Waals surface area (Å²) in [5.74, 6) is 3.13. The van der Waals surface area contributed by atoms with E-state index >= 15 is 0 Å². The normalized spacial score (nSPS) is 12.1. The van der Waals surface area contributed by atoms with Gasteiger partial charge in [0.2, 0.25) is 0 Å². The summed E-state index contributed by atoms with van der Waals surface area (Å²) in [5, 5.41) is 0. The van der Waals surface area contributed by atoms with E-state index in [0.717, 1.165) is 22.8 Å². The van der Waals surface area contributed by atoms with Crippen LogP contribution in [-0.2, 0) is 0 Å². The van der Waals surface area contributed by atoms with Crippen LogP contribution in [0.1, 0.15) is 30.9 Å². The first-order chi connectivity index (χ1) is 10.6. The van der Waals surface area contributed by atoms with E-state index < -0.39 is 0 Å². The van der Waals surface area contributed by atoms with Gasteiger partial charge in [0.1, 0.15) is 17.2 Å². The van der Waals surface area contributed by atoms with Crippen molar-refractivity contribution in [1.82, 2.24) is 0 Å². The lowest BCUT2D eigenvalue weighted by molar-refractivity contribution is 0.381. The van der Waals surface area contributed by atoms with Gasteiger partial charge in [0, 0.05) is 23.1 Å². The predicted molar refractivity (Wildman–Crippen MR) is 89.2 cm³/mol. The van der Waals surface area contributed by atoms with E-state index in [9.17, 15) is 0 Å². The zero-order chi connectivity index (χ0) is 16.1. The monoisotopic (exact) mass is 300 g/mol. The first-order valence-electron chi connectivity index (χ1n) is 7.47. The van der Waals surface area contributed by atoms with Gasteiger partial charge in [-0.25, -0.2) is 0 Å². The predicted octanol–water partition coefficient (Wildman–Crippen LogP) is 4.50. The summed E-state index contributed by atoms with van der Waals surface area (Å²) >= 11 is 0. The van der Waals surface area contributed by atoms with Gasteiger partial charge < -0.3 is 14.2 Å². The lowest BCUT2D eigenvalue weighted by atomic mass is 9.81. The first kappa shape index (κ1) is 16.2. The van der Waals surface area contributed by atoms with E-state index in [1.165, 1.54) is 5.56 Å². The molecule has 0 saturated heterocycles. The molecule has 3 nitrogen and oxygen atoms in total. The Hall–Kier alpha value is -2.16. The van der Waals surface area contributed by atoms with Crippen molar-refractivity contribution in [2.24, 2.45) is 5.92 Å². The topological polar surface area (TPSA) is 27.7 Å². The maximum Gasteiger partial charge on any atom is 0.126 e. The minimum Gasteiger partial charge on any atom is -0.497 e. The van der Waals surface area contributed by atoms with Crippen molar-refractivity contribution in [2.75, 3.05) is 21.3 Å². The Morgan fingerprint density at radius 2 is 1.36 bits per heavy atom. The minimum atomic E-state index is 0.192. The van der Waals surface area contributed by atoms with Crippen LogP contribution in [0.15, 0.2) is 42.5 Å². The Labute approximate surface area is 132 Å². The van der Waals surface area contributed by atoms with E-state index in [4.69, 9.17) is 14.2 Å². The molecule has 0 spiro atoms. The van der Waals surface area contributed by atoms with E-state index in [2.05, 4.69) is 26.0 Å². The molecule has 2 rings (SSSR count). The third-order valence-electron chi connectivity index (χ3n) is 3.92. The van der Waals surface area contributed by atoms with E-state index in [1.54, 1.807) is 21.3 Å². The van der Waals surface area contributed by atoms with Gasteiger partial charge in [-0.05, 0) is 18.1 Å². The van der Waals surface area contributed by atoms with Crippen molar-refractivity contribution in [3.63, 3.8) is 0 Å².